The summed E-state index contributed by atoms with van der Waals surface area (Å²) < 4.78 is 37.6. The Morgan fingerprint density at radius 1 is 1.14 bits per heavy atom. The van der Waals surface area contributed by atoms with Crippen molar-refractivity contribution in [2.45, 2.75) is 12.4 Å². The number of aliphatic hydroxyl groups excluding tert-OH is 1. The van der Waals surface area contributed by atoms with Gasteiger partial charge in [0, 0.05) is 5.56 Å². The number of aliphatic hydroxyl groups is 1. The third kappa shape index (κ3) is 2.92. The van der Waals surface area contributed by atoms with Gasteiger partial charge in [-0.2, -0.15) is 0 Å². The first-order valence-corrected chi connectivity index (χ1v) is 6.48. The Labute approximate surface area is 120 Å². The predicted molar refractivity (Wildman–Crippen MR) is 69.3 cm³/mol. The lowest BCUT2D eigenvalue weighted by Crippen LogP contribution is -2.09. The number of nitrogens with zero attached hydrogens (tertiary/aromatic N) is 1. The van der Waals surface area contributed by atoms with Crippen LogP contribution in [0.1, 0.15) is 29.3 Å². The van der Waals surface area contributed by atoms with E-state index in [9.17, 15) is 13.9 Å². The minimum atomic E-state index is -1.36. The molecule has 0 radical (unpaired) electrons. The summed E-state index contributed by atoms with van der Waals surface area (Å²) >= 11 is 0. The number of rotatable bonds is 3. The fourth-order valence-electron chi connectivity index (χ4n) is 2.17. The second kappa shape index (κ2) is 5.85. The topological polar surface area (TPSA) is 51.6 Å². The average Bonchev–Trinajstić information content (AvgIpc) is 3.03. The van der Waals surface area contributed by atoms with Crippen LogP contribution in [0.2, 0.25) is 0 Å². The molecule has 1 saturated heterocycles. The molecule has 1 aromatic heterocycles. The fraction of sp³-hybridized carbons (Fsp3) is 0.267. The van der Waals surface area contributed by atoms with Gasteiger partial charge in [-0.3, -0.25) is 0 Å². The minimum absolute atomic E-state index is 0.159. The first kappa shape index (κ1) is 14.1. The lowest BCUT2D eigenvalue weighted by atomic mass is 10.0. The van der Waals surface area contributed by atoms with E-state index >= 15 is 0 Å². The number of hydrogen-bond donors (Lipinski definition) is 1. The Balaban J connectivity index is 1.92. The van der Waals surface area contributed by atoms with Crippen molar-refractivity contribution >= 4 is 0 Å². The number of benzene rings is 1. The van der Waals surface area contributed by atoms with Crippen molar-refractivity contribution in [2.75, 3.05) is 13.2 Å². The van der Waals surface area contributed by atoms with E-state index in [1.54, 1.807) is 12.1 Å². The first-order valence-electron chi connectivity index (χ1n) is 6.48. The molecule has 0 aliphatic carbocycles. The molecule has 0 bridgehead atoms. The molecule has 1 aliphatic rings. The van der Waals surface area contributed by atoms with Crippen molar-refractivity contribution in [1.29, 1.82) is 0 Å². The standard InChI is InChI=1S/C15H13F2NO3/c16-9-4-5-11(17)10(8-9)14(19)12-2-1-3-13(18-12)15-20-6-7-21-15/h1-5,8,14-15,19H,6-7H2. The van der Waals surface area contributed by atoms with Crippen molar-refractivity contribution in [1.82, 2.24) is 4.98 Å². The zero-order chi connectivity index (χ0) is 14.8. The van der Waals surface area contributed by atoms with E-state index in [1.165, 1.54) is 6.07 Å². The molecular weight excluding hydrogens is 280 g/mol. The van der Waals surface area contributed by atoms with Crippen LogP contribution in [0, 0.1) is 11.6 Å². The van der Waals surface area contributed by atoms with Crippen LogP contribution < -0.4 is 0 Å². The highest BCUT2D eigenvalue weighted by molar-refractivity contribution is 5.28. The van der Waals surface area contributed by atoms with E-state index in [-0.39, 0.29) is 11.3 Å². The van der Waals surface area contributed by atoms with Gasteiger partial charge in [0.25, 0.3) is 0 Å². The van der Waals surface area contributed by atoms with Crippen LogP contribution in [-0.4, -0.2) is 23.3 Å². The molecule has 110 valence electrons. The van der Waals surface area contributed by atoms with Gasteiger partial charge in [0.15, 0.2) is 0 Å². The van der Waals surface area contributed by atoms with E-state index in [2.05, 4.69) is 4.98 Å². The van der Waals surface area contributed by atoms with Crippen LogP contribution in [0.4, 0.5) is 8.78 Å². The third-order valence-corrected chi connectivity index (χ3v) is 3.19. The highest BCUT2D eigenvalue weighted by atomic mass is 19.1. The third-order valence-electron chi connectivity index (χ3n) is 3.19. The maximum atomic E-state index is 13.7. The quantitative estimate of drug-likeness (QED) is 0.944. The summed E-state index contributed by atoms with van der Waals surface area (Å²) in [6.45, 7) is 0.940. The Bertz CT molecular complexity index is 645. The number of pyridine rings is 1. The molecule has 0 saturated carbocycles. The molecule has 1 unspecified atom stereocenters. The van der Waals surface area contributed by atoms with Crippen LogP contribution in [0.3, 0.4) is 0 Å². The van der Waals surface area contributed by atoms with Gasteiger partial charge in [0.1, 0.15) is 17.7 Å². The van der Waals surface area contributed by atoms with Crippen molar-refractivity contribution in [3.05, 3.63) is 65.0 Å². The molecule has 1 aliphatic heterocycles. The van der Waals surface area contributed by atoms with Gasteiger partial charge in [0.05, 0.1) is 24.6 Å². The monoisotopic (exact) mass is 293 g/mol. The van der Waals surface area contributed by atoms with E-state index in [1.807, 2.05) is 0 Å². The highest BCUT2D eigenvalue weighted by Crippen LogP contribution is 2.27. The maximum absolute atomic E-state index is 13.7. The largest absolute Gasteiger partial charge is 0.382 e. The molecule has 2 heterocycles. The Morgan fingerprint density at radius 2 is 1.90 bits per heavy atom. The van der Waals surface area contributed by atoms with E-state index in [0.29, 0.717) is 18.9 Å². The van der Waals surface area contributed by atoms with E-state index < -0.39 is 24.0 Å². The van der Waals surface area contributed by atoms with Crippen LogP contribution in [0.25, 0.3) is 0 Å². The zero-order valence-corrected chi connectivity index (χ0v) is 11.0. The van der Waals surface area contributed by atoms with Crippen molar-refractivity contribution in [2.24, 2.45) is 0 Å². The molecule has 2 aromatic rings. The highest BCUT2D eigenvalue weighted by Gasteiger charge is 2.22. The summed E-state index contributed by atoms with van der Waals surface area (Å²) in [7, 11) is 0. The average molecular weight is 293 g/mol. The lowest BCUT2D eigenvalue weighted by molar-refractivity contribution is -0.0475. The molecule has 1 atom stereocenters. The summed E-state index contributed by atoms with van der Waals surface area (Å²) in [6.07, 6.45) is -1.95. The van der Waals surface area contributed by atoms with Crippen LogP contribution in [-0.2, 0) is 9.47 Å². The van der Waals surface area contributed by atoms with Gasteiger partial charge in [-0.25, -0.2) is 13.8 Å². The number of hydrogen-bond acceptors (Lipinski definition) is 4. The Kier molecular flexibility index (Phi) is 3.92. The summed E-state index contributed by atoms with van der Waals surface area (Å²) in [5.74, 6) is -1.31. The van der Waals surface area contributed by atoms with Gasteiger partial charge < -0.3 is 14.6 Å². The number of halogens is 2. The number of aromatic nitrogens is 1. The van der Waals surface area contributed by atoms with Crippen LogP contribution in [0.15, 0.2) is 36.4 Å². The normalized spacial score (nSPS) is 17.1. The van der Waals surface area contributed by atoms with E-state index in [0.717, 1.165) is 18.2 Å². The zero-order valence-electron chi connectivity index (χ0n) is 11.0. The minimum Gasteiger partial charge on any atom is -0.382 e. The molecule has 3 rings (SSSR count). The Morgan fingerprint density at radius 3 is 2.67 bits per heavy atom. The molecule has 1 aromatic carbocycles. The molecule has 1 N–H and O–H groups in total. The summed E-state index contributed by atoms with van der Waals surface area (Å²) in [5.41, 5.74) is 0.532. The number of ether oxygens (including phenoxy) is 2. The smallest absolute Gasteiger partial charge is 0.201 e. The Hall–Kier alpha value is -1.89. The van der Waals surface area contributed by atoms with Gasteiger partial charge in [0.2, 0.25) is 6.29 Å². The van der Waals surface area contributed by atoms with Crippen LogP contribution in [0.5, 0.6) is 0 Å². The molecule has 0 amide bonds. The molecule has 0 spiro atoms. The molecule has 21 heavy (non-hydrogen) atoms. The fourth-order valence-corrected chi connectivity index (χ4v) is 2.17. The van der Waals surface area contributed by atoms with Gasteiger partial charge >= 0.3 is 0 Å². The van der Waals surface area contributed by atoms with Crippen molar-refractivity contribution in [3.63, 3.8) is 0 Å². The van der Waals surface area contributed by atoms with Gasteiger partial charge in [-0.05, 0) is 30.3 Å². The summed E-state index contributed by atoms with van der Waals surface area (Å²) in [6, 6.07) is 7.80. The SMILES string of the molecule is OC(c1cccc(C2OCCO2)n1)c1cc(F)ccc1F. The van der Waals surface area contributed by atoms with Gasteiger partial charge in [-0.15, -0.1) is 0 Å². The van der Waals surface area contributed by atoms with Crippen molar-refractivity contribution in [3.8, 4) is 0 Å². The second-order valence-corrected chi connectivity index (χ2v) is 4.63. The second-order valence-electron chi connectivity index (χ2n) is 4.63. The van der Waals surface area contributed by atoms with E-state index in [4.69, 9.17) is 9.47 Å². The maximum Gasteiger partial charge on any atom is 0.201 e. The lowest BCUT2D eigenvalue weighted by Gasteiger charge is -2.14. The summed E-state index contributed by atoms with van der Waals surface area (Å²) in [4.78, 5) is 4.21. The molecule has 1 fully saturated rings. The first-order chi connectivity index (χ1) is 10.1. The predicted octanol–water partition coefficient (Wildman–Crippen LogP) is 2.49. The van der Waals surface area contributed by atoms with Crippen molar-refractivity contribution < 1.29 is 23.4 Å². The van der Waals surface area contributed by atoms with Crippen LogP contribution >= 0.6 is 0 Å². The molecule has 4 nitrogen and oxygen atoms in total. The molecular formula is C15H13F2NO3. The molecule has 6 heteroatoms. The summed E-state index contributed by atoms with van der Waals surface area (Å²) in [5, 5.41) is 10.2. The van der Waals surface area contributed by atoms with Gasteiger partial charge in [-0.1, -0.05) is 6.07 Å².